The number of hydrogen-bond donors (Lipinski definition) is 1. The zero-order valence-corrected chi connectivity index (χ0v) is 13.3. The summed E-state index contributed by atoms with van der Waals surface area (Å²) >= 11 is 0. The first-order chi connectivity index (χ1) is 9.94. The Morgan fingerprint density at radius 3 is 2.43 bits per heavy atom. The summed E-state index contributed by atoms with van der Waals surface area (Å²) in [5.41, 5.74) is 7.09. The molecule has 0 saturated carbocycles. The number of nitrogens with two attached hydrogens (primary N) is 1. The van der Waals surface area contributed by atoms with Crippen molar-refractivity contribution in [1.29, 1.82) is 0 Å². The standard InChI is InChI=1S/C15H24N2O3S/c1-21(18,19)12-2-11-20-15-5-3-14(4-6-15)17-9-7-13(16)8-10-17/h3-6,13H,2,7-12,16H2,1H3. The number of benzene rings is 1. The van der Waals surface area contributed by atoms with Crippen LogP contribution in [0.4, 0.5) is 5.69 Å². The highest BCUT2D eigenvalue weighted by molar-refractivity contribution is 7.90. The molecule has 6 heteroatoms. The molecule has 0 amide bonds. The molecular formula is C15H24N2O3S. The van der Waals surface area contributed by atoms with Gasteiger partial charge in [0.2, 0.25) is 0 Å². The van der Waals surface area contributed by atoms with Crippen molar-refractivity contribution >= 4 is 15.5 Å². The fourth-order valence-electron chi connectivity index (χ4n) is 2.42. The van der Waals surface area contributed by atoms with Crippen LogP contribution in [-0.2, 0) is 9.84 Å². The molecule has 0 aromatic heterocycles. The normalized spacial score (nSPS) is 17.0. The van der Waals surface area contributed by atoms with Crippen LogP contribution >= 0.6 is 0 Å². The van der Waals surface area contributed by atoms with E-state index in [9.17, 15) is 8.42 Å². The van der Waals surface area contributed by atoms with Crippen molar-refractivity contribution in [2.45, 2.75) is 25.3 Å². The van der Waals surface area contributed by atoms with Gasteiger partial charge in [-0.25, -0.2) is 8.42 Å². The van der Waals surface area contributed by atoms with Crippen LogP contribution < -0.4 is 15.4 Å². The van der Waals surface area contributed by atoms with Gasteiger partial charge in [0.25, 0.3) is 0 Å². The van der Waals surface area contributed by atoms with Crippen LogP contribution in [0, 0.1) is 0 Å². The second-order valence-corrected chi connectivity index (χ2v) is 7.91. The minimum absolute atomic E-state index is 0.166. The average molecular weight is 312 g/mol. The van der Waals surface area contributed by atoms with Crippen molar-refractivity contribution in [2.75, 3.05) is 36.6 Å². The Hall–Kier alpha value is -1.27. The Bertz CT molecular complexity index is 535. The predicted molar refractivity (Wildman–Crippen MR) is 85.7 cm³/mol. The van der Waals surface area contributed by atoms with Crippen LogP contribution in [0.5, 0.6) is 5.75 Å². The van der Waals surface area contributed by atoms with Crippen LogP contribution in [0.25, 0.3) is 0 Å². The number of piperidine rings is 1. The van der Waals surface area contributed by atoms with Crippen LogP contribution in [0.15, 0.2) is 24.3 Å². The van der Waals surface area contributed by atoms with E-state index in [2.05, 4.69) is 4.90 Å². The first-order valence-corrected chi connectivity index (χ1v) is 9.41. The van der Waals surface area contributed by atoms with Gasteiger partial charge in [-0.3, -0.25) is 0 Å². The molecule has 0 radical (unpaired) electrons. The van der Waals surface area contributed by atoms with Gasteiger partial charge in [-0.2, -0.15) is 0 Å². The summed E-state index contributed by atoms with van der Waals surface area (Å²) < 4.78 is 27.6. The van der Waals surface area contributed by atoms with Gasteiger partial charge in [0.05, 0.1) is 12.4 Å². The highest BCUT2D eigenvalue weighted by Crippen LogP contribution is 2.22. The van der Waals surface area contributed by atoms with Crippen molar-refractivity contribution in [3.63, 3.8) is 0 Å². The van der Waals surface area contributed by atoms with E-state index >= 15 is 0 Å². The lowest BCUT2D eigenvalue weighted by Gasteiger charge is -2.32. The zero-order valence-electron chi connectivity index (χ0n) is 12.5. The largest absolute Gasteiger partial charge is 0.494 e. The Morgan fingerprint density at radius 1 is 1.24 bits per heavy atom. The van der Waals surface area contributed by atoms with Gasteiger partial charge in [-0.15, -0.1) is 0 Å². The van der Waals surface area contributed by atoms with E-state index in [4.69, 9.17) is 10.5 Å². The summed E-state index contributed by atoms with van der Waals surface area (Å²) in [6.45, 7) is 2.41. The molecule has 1 aliphatic heterocycles. The fourth-order valence-corrected chi connectivity index (χ4v) is 3.06. The highest BCUT2D eigenvalue weighted by Gasteiger charge is 2.16. The van der Waals surface area contributed by atoms with E-state index in [-0.39, 0.29) is 5.75 Å². The molecule has 0 bridgehead atoms. The van der Waals surface area contributed by atoms with E-state index in [1.165, 1.54) is 11.9 Å². The molecule has 1 aromatic carbocycles. The van der Waals surface area contributed by atoms with Crippen molar-refractivity contribution in [2.24, 2.45) is 5.73 Å². The van der Waals surface area contributed by atoms with Gasteiger partial charge in [0, 0.05) is 31.1 Å². The molecule has 118 valence electrons. The summed E-state index contributed by atoms with van der Waals surface area (Å²) in [6.07, 6.45) is 3.82. The molecule has 0 unspecified atom stereocenters. The third kappa shape index (κ3) is 5.55. The Morgan fingerprint density at radius 2 is 1.86 bits per heavy atom. The van der Waals surface area contributed by atoms with Crippen molar-refractivity contribution in [3.05, 3.63) is 24.3 Å². The number of ether oxygens (including phenoxy) is 1. The monoisotopic (exact) mass is 312 g/mol. The summed E-state index contributed by atoms with van der Waals surface area (Å²) in [7, 11) is -2.90. The predicted octanol–water partition coefficient (Wildman–Crippen LogP) is 1.43. The maximum Gasteiger partial charge on any atom is 0.147 e. The molecule has 21 heavy (non-hydrogen) atoms. The summed E-state index contributed by atoms with van der Waals surface area (Å²) in [5, 5.41) is 0. The lowest BCUT2D eigenvalue weighted by Crippen LogP contribution is -2.39. The van der Waals surface area contributed by atoms with Gasteiger partial charge in [-0.1, -0.05) is 0 Å². The SMILES string of the molecule is CS(=O)(=O)CCCOc1ccc(N2CCC(N)CC2)cc1. The molecule has 1 aromatic rings. The lowest BCUT2D eigenvalue weighted by atomic mass is 10.1. The first-order valence-electron chi connectivity index (χ1n) is 7.35. The van der Waals surface area contributed by atoms with E-state index in [0.717, 1.165) is 31.7 Å². The summed E-state index contributed by atoms with van der Waals surface area (Å²) in [6, 6.07) is 8.29. The first kappa shape index (κ1) is 16.1. The minimum atomic E-state index is -2.90. The second-order valence-electron chi connectivity index (χ2n) is 5.65. The Kier molecular flexibility index (Phi) is 5.47. The molecule has 2 rings (SSSR count). The number of nitrogens with zero attached hydrogens (tertiary/aromatic N) is 1. The molecule has 5 nitrogen and oxygen atoms in total. The maximum atomic E-state index is 11.0. The number of rotatable bonds is 6. The molecule has 1 fully saturated rings. The van der Waals surface area contributed by atoms with Gasteiger partial charge in [0.15, 0.2) is 0 Å². The van der Waals surface area contributed by atoms with Crippen molar-refractivity contribution in [1.82, 2.24) is 0 Å². The Balaban J connectivity index is 1.79. The fraction of sp³-hybridized carbons (Fsp3) is 0.600. The lowest BCUT2D eigenvalue weighted by molar-refractivity contribution is 0.318. The minimum Gasteiger partial charge on any atom is -0.494 e. The molecule has 2 N–H and O–H groups in total. The van der Waals surface area contributed by atoms with Crippen molar-refractivity contribution < 1.29 is 13.2 Å². The van der Waals surface area contributed by atoms with Crippen LogP contribution in [0.3, 0.4) is 0 Å². The molecule has 0 aliphatic carbocycles. The maximum absolute atomic E-state index is 11.0. The molecule has 1 heterocycles. The number of sulfone groups is 1. The van der Waals surface area contributed by atoms with Gasteiger partial charge in [0.1, 0.15) is 15.6 Å². The zero-order chi connectivity index (χ0) is 15.3. The smallest absolute Gasteiger partial charge is 0.147 e. The van der Waals surface area contributed by atoms with E-state index < -0.39 is 9.84 Å². The van der Waals surface area contributed by atoms with E-state index in [1.807, 2.05) is 24.3 Å². The van der Waals surface area contributed by atoms with E-state index in [1.54, 1.807) is 0 Å². The topological polar surface area (TPSA) is 72.6 Å². The Labute approximate surface area is 127 Å². The molecule has 1 aliphatic rings. The third-order valence-electron chi connectivity index (χ3n) is 3.67. The highest BCUT2D eigenvalue weighted by atomic mass is 32.2. The van der Waals surface area contributed by atoms with Crippen LogP contribution in [0.2, 0.25) is 0 Å². The summed E-state index contributed by atoms with van der Waals surface area (Å²) in [4.78, 5) is 2.33. The van der Waals surface area contributed by atoms with E-state index in [0.29, 0.717) is 19.1 Å². The summed E-state index contributed by atoms with van der Waals surface area (Å²) in [5.74, 6) is 0.944. The van der Waals surface area contributed by atoms with Gasteiger partial charge < -0.3 is 15.4 Å². The van der Waals surface area contributed by atoms with Gasteiger partial charge in [-0.05, 0) is 43.5 Å². The number of hydrogen-bond acceptors (Lipinski definition) is 5. The third-order valence-corrected chi connectivity index (χ3v) is 4.70. The van der Waals surface area contributed by atoms with Crippen LogP contribution in [-0.4, -0.2) is 46.2 Å². The molecule has 1 saturated heterocycles. The van der Waals surface area contributed by atoms with Crippen molar-refractivity contribution in [3.8, 4) is 5.75 Å². The molecule has 0 spiro atoms. The molecular weight excluding hydrogens is 288 g/mol. The van der Waals surface area contributed by atoms with Gasteiger partial charge >= 0.3 is 0 Å². The van der Waals surface area contributed by atoms with Crippen LogP contribution in [0.1, 0.15) is 19.3 Å². The number of anilines is 1. The second kappa shape index (κ2) is 7.13. The average Bonchev–Trinajstić information content (AvgIpc) is 2.44. The molecule has 0 atom stereocenters. The quantitative estimate of drug-likeness (QED) is 0.805.